The molecule has 0 saturated heterocycles. The minimum atomic E-state index is -0.129. The highest BCUT2D eigenvalue weighted by atomic mass is 32.1. The molecular formula is C18H22N2O2S. The highest BCUT2D eigenvalue weighted by Crippen LogP contribution is 2.14. The van der Waals surface area contributed by atoms with E-state index in [1.165, 1.54) is 16.9 Å². The minimum absolute atomic E-state index is 0.0404. The Morgan fingerprint density at radius 1 is 1.17 bits per heavy atom. The summed E-state index contributed by atoms with van der Waals surface area (Å²) in [6.07, 6.45) is 1.28. The molecule has 122 valence electrons. The maximum absolute atomic E-state index is 12.0. The van der Waals surface area contributed by atoms with E-state index in [1.807, 2.05) is 30.5 Å². The quantitative estimate of drug-likeness (QED) is 0.818. The van der Waals surface area contributed by atoms with Crippen molar-refractivity contribution in [1.82, 2.24) is 10.6 Å². The highest BCUT2D eigenvalue weighted by molar-refractivity contribution is 7.12. The van der Waals surface area contributed by atoms with Crippen LogP contribution in [0.15, 0.2) is 41.8 Å². The van der Waals surface area contributed by atoms with Gasteiger partial charge in [-0.15, -0.1) is 11.3 Å². The molecule has 4 nitrogen and oxygen atoms in total. The molecule has 0 fully saturated rings. The van der Waals surface area contributed by atoms with E-state index in [1.54, 1.807) is 6.07 Å². The first-order chi connectivity index (χ1) is 11.1. The van der Waals surface area contributed by atoms with Crippen LogP contribution < -0.4 is 10.6 Å². The normalized spacial score (nSPS) is 11.7. The summed E-state index contributed by atoms with van der Waals surface area (Å²) in [4.78, 5) is 24.4. The van der Waals surface area contributed by atoms with Crippen LogP contribution in [-0.2, 0) is 11.2 Å². The van der Waals surface area contributed by atoms with E-state index in [9.17, 15) is 9.59 Å². The minimum Gasteiger partial charge on any atom is -0.351 e. The van der Waals surface area contributed by atoms with Crippen molar-refractivity contribution in [3.63, 3.8) is 0 Å². The zero-order valence-corrected chi connectivity index (χ0v) is 14.3. The molecule has 0 spiro atoms. The Morgan fingerprint density at radius 3 is 2.52 bits per heavy atom. The van der Waals surface area contributed by atoms with Crippen LogP contribution in [0.5, 0.6) is 0 Å². The van der Waals surface area contributed by atoms with E-state index in [0.717, 1.165) is 12.0 Å². The molecule has 0 radical (unpaired) electrons. The van der Waals surface area contributed by atoms with Gasteiger partial charge in [0, 0.05) is 13.0 Å². The van der Waals surface area contributed by atoms with E-state index in [0.29, 0.717) is 11.4 Å². The molecule has 23 heavy (non-hydrogen) atoms. The van der Waals surface area contributed by atoms with Crippen molar-refractivity contribution in [3.8, 4) is 0 Å². The van der Waals surface area contributed by atoms with Crippen molar-refractivity contribution in [3.05, 3.63) is 57.8 Å². The van der Waals surface area contributed by atoms with Gasteiger partial charge in [0.25, 0.3) is 5.91 Å². The van der Waals surface area contributed by atoms with Gasteiger partial charge < -0.3 is 10.6 Å². The Kier molecular flexibility index (Phi) is 6.35. The lowest BCUT2D eigenvalue weighted by molar-refractivity contribution is -0.121. The second kappa shape index (κ2) is 8.48. The van der Waals surface area contributed by atoms with Gasteiger partial charge in [0.05, 0.1) is 10.9 Å². The fourth-order valence-electron chi connectivity index (χ4n) is 2.22. The molecule has 1 aromatic carbocycles. The number of rotatable bonds is 7. The van der Waals surface area contributed by atoms with Crippen molar-refractivity contribution in [2.24, 2.45) is 0 Å². The number of thiophene rings is 1. The third-order valence-electron chi connectivity index (χ3n) is 3.65. The predicted octanol–water partition coefficient (Wildman–Crippen LogP) is 3.31. The lowest BCUT2D eigenvalue weighted by Crippen LogP contribution is -2.31. The van der Waals surface area contributed by atoms with Crippen LogP contribution in [0, 0.1) is 0 Å². The summed E-state index contributed by atoms with van der Waals surface area (Å²) < 4.78 is 0. The second-order valence-corrected chi connectivity index (χ2v) is 6.32. The first kappa shape index (κ1) is 17.2. The summed E-state index contributed by atoms with van der Waals surface area (Å²) in [5.74, 6) is -0.195. The van der Waals surface area contributed by atoms with Crippen molar-refractivity contribution < 1.29 is 9.59 Å². The SMILES string of the molecule is CCc1ccc(C(C)NC(=O)CCNC(=O)c2cccs2)cc1. The first-order valence-electron chi connectivity index (χ1n) is 7.80. The molecule has 5 heteroatoms. The van der Waals surface area contributed by atoms with Gasteiger partial charge in [0.15, 0.2) is 0 Å². The molecule has 1 aromatic heterocycles. The number of aryl methyl sites for hydroxylation is 1. The molecule has 0 bridgehead atoms. The van der Waals surface area contributed by atoms with E-state index in [-0.39, 0.29) is 24.3 Å². The molecule has 1 unspecified atom stereocenters. The van der Waals surface area contributed by atoms with Gasteiger partial charge >= 0.3 is 0 Å². The standard InChI is InChI=1S/C18H22N2O2S/c1-3-14-6-8-15(9-7-14)13(2)20-17(21)10-11-19-18(22)16-5-4-12-23-16/h4-9,12-13H,3,10-11H2,1-2H3,(H,19,22)(H,20,21). The number of amides is 2. The third kappa shape index (κ3) is 5.21. The smallest absolute Gasteiger partial charge is 0.261 e. The summed E-state index contributed by atoms with van der Waals surface area (Å²) in [5, 5.41) is 7.56. The van der Waals surface area contributed by atoms with E-state index < -0.39 is 0 Å². The third-order valence-corrected chi connectivity index (χ3v) is 4.52. The van der Waals surface area contributed by atoms with E-state index in [4.69, 9.17) is 0 Å². The Balaban J connectivity index is 1.74. The molecule has 2 aromatic rings. The van der Waals surface area contributed by atoms with Crippen LogP contribution in [0.4, 0.5) is 0 Å². The Bertz CT molecular complexity index is 636. The fraction of sp³-hybridized carbons (Fsp3) is 0.333. The molecule has 0 aliphatic carbocycles. The summed E-state index contributed by atoms with van der Waals surface area (Å²) in [7, 11) is 0. The Morgan fingerprint density at radius 2 is 1.91 bits per heavy atom. The van der Waals surface area contributed by atoms with Crippen LogP contribution in [-0.4, -0.2) is 18.4 Å². The van der Waals surface area contributed by atoms with Gasteiger partial charge in [0.1, 0.15) is 0 Å². The van der Waals surface area contributed by atoms with Crippen molar-refractivity contribution in [2.45, 2.75) is 32.7 Å². The summed E-state index contributed by atoms with van der Waals surface area (Å²) in [5.41, 5.74) is 2.36. The van der Waals surface area contributed by atoms with Crippen LogP contribution in [0.25, 0.3) is 0 Å². The van der Waals surface area contributed by atoms with E-state index in [2.05, 4.69) is 29.7 Å². The topological polar surface area (TPSA) is 58.2 Å². The number of benzene rings is 1. The molecule has 0 aliphatic rings. The van der Waals surface area contributed by atoms with Gasteiger partial charge in [-0.05, 0) is 35.9 Å². The maximum Gasteiger partial charge on any atom is 0.261 e. The summed E-state index contributed by atoms with van der Waals surface area (Å²) in [6, 6.07) is 11.8. The van der Waals surface area contributed by atoms with E-state index >= 15 is 0 Å². The number of nitrogens with one attached hydrogen (secondary N) is 2. The van der Waals surface area contributed by atoms with Gasteiger partial charge in [0.2, 0.25) is 5.91 Å². The Labute approximate surface area is 140 Å². The molecule has 0 aliphatic heterocycles. The number of carbonyl (C=O) groups excluding carboxylic acids is 2. The van der Waals surface area contributed by atoms with Crippen LogP contribution in [0.1, 0.15) is 47.1 Å². The molecule has 2 rings (SSSR count). The second-order valence-electron chi connectivity index (χ2n) is 5.37. The van der Waals surface area contributed by atoms with Gasteiger partial charge in [-0.1, -0.05) is 37.3 Å². The van der Waals surface area contributed by atoms with Crippen molar-refractivity contribution in [2.75, 3.05) is 6.54 Å². The molecule has 0 saturated carbocycles. The number of hydrogen-bond acceptors (Lipinski definition) is 3. The lowest BCUT2D eigenvalue weighted by atomic mass is 10.0. The van der Waals surface area contributed by atoms with Crippen molar-refractivity contribution >= 4 is 23.2 Å². The van der Waals surface area contributed by atoms with Gasteiger partial charge in [-0.25, -0.2) is 0 Å². The highest BCUT2D eigenvalue weighted by Gasteiger charge is 2.11. The molecule has 2 N–H and O–H groups in total. The average Bonchev–Trinajstić information content (AvgIpc) is 3.09. The van der Waals surface area contributed by atoms with Crippen LogP contribution in [0.3, 0.4) is 0 Å². The molecule has 1 atom stereocenters. The average molecular weight is 330 g/mol. The summed E-state index contributed by atoms with van der Waals surface area (Å²) >= 11 is 1.39. The molecule has 2 amide bonds. The summed E-state index contributed by atoms with van der Waals surface area (Å²) in [6.45, 7) is 4.41. The first-order valence-corrected chi connectivity index (χ1v) is 8.68. The fourth-order valence-corrected chi connectivity index (χ4v) is 2.86. The molecule has 1 heterocycles. The van der Waals surface area contributed by atoms with Crippen LogP contribution in [0.2, 0.25) is 0 Å². The number of hydrogen-bond donors (Lipinski definition) is 2. The predicted molar refractivity (Wildman–Crippen MR) is 93.6 cm³/mol. The Hall–Kier alpha value is -2.14. The van der Waals surface area contributed by atoms with Crippen LogP contribution >= 0.6 is 11.3 Å². The van der Waals surface area contributed by atoms with Gasteiger partial charge in [-0.3, -0.25) is 9.59 Å². The molecular weight excluding hydrogens is 308 g/mol. The number of carbonyl (C=O) groups is 2. The maximum atomic E-state index is 12.0. The zero-order chi connectivity index (χ0) is 16.7. The monoisotopic (exact) mass is 330 g/mol. The lowest BCUT2D eigenvalue weighted by Gasteiger charge is -2.15. The largest absolute Gasteiger partial charge is 0.351 e. The zero-order valence-electron chi connectivity index (χ0n) is 13.5. The van der Waals surface area contributed by atoms with Gasteiger partial charge in [-0.2, -0.15) is 0 Å². The van der Waals surface area contributed by atoms with Crippen molar-refractivity contribution in [1.29, 1.82) is 0 Å².